The Morgan fingerprint density at radius 2 is 2.17 bits per heavy atom. The Morgan fingerprint density at radius 1 is 1.39 bits per heavy atom. The number of ether oxygens (including phenoxy) is 1. The second-order valence-corrected chi connectivity index (χ2v) is 5.86. The number of amides is 1. The molecule has 0 aromatic rings. The molecule has 1 aliphatic rings. The molecule has 2 N–H and O–H groups in total. The van der Waals surface area contributed by atoms with Crippen LogP contribution in [0.4, 0.5) is 0 Å². The number of rotatable bonds is 7. The van der Waals surface area contributed by atoms with Crippen LogP contribution in [0.1, 0.15) is 46.0 Å². The van der Waals surface area contributed by atoms with Gasteiger partial charge in [0, 0.05) is 26.3 Å². The van der Waals surface area contributed by atoms with E-state index in [4.69, 9.17) is 4.74 Å². The number of hydrogen-bond donors (Lipinski definition) is 2. The third kappa shape index (κ3) is 5.36. The molecule has 1 aliphatic carbocycles. The summed E-state index contributed by atoms with van der Waals surface area (Å²) in [5.41, 5.74) is 0.314. The number of carbonyl (C=O) groups excluding carboxylic acids is 1. The Bertz CT molecular complexity index is 254. The second kappa shape index (κ2) is 7.74. The van der Waals surface area contributed by atoms with Crippen molar-refractivity contribution in [1.29, 1.82) is 0 Å². The van der Waals surface area contributed by atoms with Crippen LogP contribution in [0.2, 0.25) is 0 Å². The zero-order valence-corrected chi connectivity index (χ0v) is 12.1. The first kappa shape index (κ1) is 15.4. The van der Waals surface area contributed by atoms with Crippen LogP contribution in [-0.4, -0.2) is 38.8 Å². The van der Waals surface area contributed by atoms with E-state index in [0.717, 1.165) is 6.42 Å². The lowest BCUT2D eigenvalue weighted by molar-refractivity contribution is -0.120. The largest absolute Gasteiger partial charge is 0.385 e. The van der Waals surface area contributed by atoms with E-state index in [-0.39, 0.29) is 5.91 Å². The van der Waals surface area contributed by atoms with Crippen LogP contribution >= 0.6 is 0 Å². The summed E-state index contributed by atoms with van der Waals surface area (Å²) < 4.78 is 4.94. The molecule has 0 heterocycles. The molecule has 0 saturated heterocycles. The summed E-state index contributed by atoms with van der Waals surface area (Å²) in [4.78, 5) is 11.6. The Balaban J connectivity index is 2.17. The smallest absolute Gasteiger partial charge is 0.233 e. The van der Waals surface area contributed by atoms with E-state index >= 15 is 0 Å². The lowest BCUT2D eigenvalue weighted by atomic mass is 9.73. The SMILES string of the molecule is COCCCNC(=O)CNC1CCCCC1(C)C. The van der Waals surface area contributed by atoms with E-state index in [9.17, 15) is 4.79 Å². The highest BCUT2D eigenvalue weighted by atomic mass is 16.5. The van der Waals surface area contributed by atoms with Gasteiger partial charge in [0.05, 0.1) is 6.54 Å². The first-order chi connectivity index (χ1) is 8.56. The van der Waals surface area contributed by atoms with E-state index in [0.29, 0.717) is 31.2 Å². The van der Waals surface area contributed by atoms with Crippen LogP contribution in [0.15, 0.2) is 0 Å². The molecule has 1 fully saturated rings. The summed E-state index contributed by atoms with van der Waals surface area (Å²) in [7, 11) is 1.68. The molecule has 1 saturated carbocycles. The van der Waals surface area contributed by atoms with Gasteiger partial charge >= 0.3 is 0 Å². The standard InChI is InChI=1S/C14H28N2O2/c1-14(2)8-5-4-7-12(14)16-11-13(17)15-9-6-10-18-3/h12,16H,4-11H2,1-3H3,(H,15,17). The highest BCUT2D eigenvalue weighted by Crippen LogP contribution is 2.35. The van der Waals surface area contributed by atoms with Gasteiger partial charge < -0.3 is 15.4 Å². The molecule has 0 aliphatic heterocycles. The van der Waals surface area contributed by atoms with Gasteiger partial charge in [-0.05, 0) is 24.7 Å². The lowest BCUT2D eigenvalue weighted by Gasteiger charge is -2.39. The van der Waals surface area contributed by atoms with Crippen LogP contribution in [-0.2, 0) is 9.53 Å². The Morgan fingerprint density at radius 3 is 2.83 bits per heavy atom. The van der Waals surface area contributed by atoms with Crippen LogP contribution in [0, 0.1) is 5.41 Å². The third-order valence-electron chi connectivity index (χ3n) is 3.86. The van der Waals surface area contributed by atoms with Gasteiger partial charge in [-0.1, -0.05) is 26.7 Å². The minimum Gasteiger partial charge on any atom is -0.385 e. The number of carbonyl (C=O) groups is 1. The van der Waals surface area contributed by atoms with E-state index < -0.39 is 0 Å². The fraction of sp³-hybridized carbons (Fsp3) is 0.929. The van der Waals surface area contributed by atoms with Crippen molar-refractivity contribution in [2.75, 3.05) is 26.8 Å². The lowest BCUT2D eigenvalue weighted by Crippen LogP contribution is -2.47. The summed E-state index contributed by atoms with van der Waals surface area (Å²) in [6, 6.07) is 0.468. The molecule has 1 rings (SSSR count). The van der Waals surface area contributed by atoms with E-state index in [1.54, 1.807) is 7.11 Å². The summed E-state index contributed by atoms with van der Waals surface area (Å²) in [6.07, 6.45) is 5.90. The normalized spacial score (nSPS) is 22.7. The summed E-state index contributed by atoms with van der Waals surface area (Å²) in [5, 5.41) is 6.31. The predicted molar refractivity (Wildman–Crippen MR) is 73.5 cm³/mol. The first-order valence-electron chi connectivity index (χ1n) is 7.05. The molecule has 0 spiro atoms. The number of hydrogen-bond acceptors (Lipinski definition) is 3. The van der Waals surface area contributed by atoms with E-state index in [1.807, 2.05) is 0 Å². The van der Waals surface area contributed by atoms with Gasteiger partial charge in [-0.3, -0.25) is 4.79 Å². The van der Waals surface area contributed by atoms with Gasteiger partial charge in [-0.15, -0.1) is 0 Å². The van der Waals surface area contributed by atoms with Crippen LogP contribution in [0.25, 0.3) is 0 Å². The monoisotopic (exact) mass is 256 g/mol. The third-order valence-corrected chi connectivity index (χ3v) is 3.86. The van der Waals surface area contributed by atoms with Gasteiger partial charge in [0.25, 0.3) is 0 Å². The average molecular weight is 256 g/mol. The molecule has 4 heteroatoms. The predicted octanol–water partition coefficient (Wildman–Crippen LogP) is 1.70. The quantitative estimate of drug-likeness (QED) is 0.682. The van der Waals surface area contributed by atoms with Crippen LogP contribution in [0.3, 0.4) is 0 Å². The summed E-state index contributed by atoms with van der Waals surface area (Å²) >= 11 is 0. The van der Waals surface area contributed by atoms with Gasteiger partial charge in [0.2, 0.25) is 5.91 Å². The van der Waals surface area contributed by atoms with Gasteiger partial charge in [-0.2, -0.15) is 0 Å². The second-order valence-electron chi connectivity index (χ2n) is 5.86. The van der Waals surface area contributed by atoms with Crippen molar-refractivity contribution >= 4 is 5.91 Å². The van der Waals surface area contributed by atoms with Gasteiger partial charge in [0.1, 0.15) is 0 Å². The number of nitrogens with one attached hydrogen (secondary N) is 2. The molecule has 0 aromatic heterocycles. The fourth-order valence-corrected chi connectivity index (χ4v) is 2.60. The summed E-state index contributed by atoms with van der Waals surface area (Å²) in [6.45, 7) is 6.41. The molecule has 106 valence electrons. The van der Waals surface area contributed by atoms with Crippen molar-refractivity contribution in [1.82, 2.24) is 10.6 Å². The van der Waals surface area contributed by atoms with Crippen molar-refractivity contribution < 1.29 is 9.53 Å². The van der Waals surface area contributed by atoms with Crippen molar-refractivity contribution in [2.24, 2.45) is 5.41 Å². The maximum atomic E-state index is 11.6. The Labute approximate surface area is 111 Å². The average Bonchev–Trinajstić information content (AvgIpc) is 2.33. The van der Waals surface area contributed by atoms with Crippen molar-refractivity contribution in [3.8, 4) is 0 Å². The van der Waals surface area contributed by atoms with Crippen LogP contribution in [0.5, 0.6) is 0 Å². The van der Waals surface area contributed by atoms with Gasteiger partial charge in [0.15, 0.2) is 0 Å². The minimum atomic E-state index is 0.0903. The Hall–Kier alpha value is -0.610. The topological polar surface area (TPSA) is 50.4 Å². The van der Waals surface area contributed by atoms with Crippen molar-refractivity contribution in [3.63, 3.8) is 0 Å². The van der Waals surface area contributed by atoms with E-state index in [1.165, 1.54) is 25.7 Å². The van der Waals surface area contributed by atoms with Crippen LogP contribution < -0.4 is 10.6 Å². The first-order valence-corrected chi connectivity index (χ1v) is 7.05. The molecule has 1 amide bonds. The highest BCUT2D eigenvalue weighted by molar-refractivity contribution is 5.77. The van der Waals surface area contributed by atoms with Gasteiger partial charge in [-0.25, -0.2) is 0 Å². The number of methoxy groups -OCH3 is 1. The molecule has 1 atom stereocenters. The molecular weight excluding hydrogens is 228 g/mol. The van der Waals surface area contributed by atoms with E-state index in [2.05, 4.69) is 24.5 Å². The molecular formula is C14H28N2O2. The van der Waals surface area contributed by atoms with Crippen molar-refractivity contribution in [2.45, 2.75) is 52.0 Å². The molecule has 0 bridgehead atoms. The maximum Gasteiger partial charge on any atom is 0.233 e. The van der Waals surface area contributed by atoms with Crippen molar-refractivity contribution in [3.05, 3.63) is 0 Å². The molecule has 1 unspecified atom stereocenters. The zero-order chi connectivity index (χ0) is 13.4. The zero-order valence-electron chi connectivity index (χ0n) is 12.1. The fourth-order valence-electron chi connectivity index (χ4n) is 2.60. The summed E-state index contributed by atoms with van der Waals surface area (Å²) in [5.74, 6) is 0.0903. The molecule has 18 heavy (non-hydrogen) atoms. The highest BCUT2D eigenvalue weighted by Gasteiger charge is 2.31. The molecule has 0 radical (unpaired) electrons. The molecule has 0 aromatic carbocycles. The maximum absolute atomic E-state index is 11.6. The Kier molecular flexibility index (Phi) is 6.65. The minimum absolute atomic E-state index is 0.0903. The molecule has 4 nitrogen and oxygen atoms in total.